The van der Waals surface area contributed by atoms with Gasteiger partial charge in [-0.1, -0.05) is 5.16 Å². The van der Waals surface area contributed by atoms with E-state index in [1.807, 2.05) is 30.7 Å². The lowest BCUT2D eigenvalue weighted by Crippen LogP contribution is -2.25. The van der Waals surface area contributed by atoms with E-state index in [-0.39, 0.29) is 5.09 Å². The summed E-state index contributed by atoms with van der Waals surface area (Å²) in [5.74, 6) is 0.801. The molecule has 0 bridgehead atoms. The maximum absolute atomic E-state index is 12.6. The minimum atomic E-state index is -3.70. The largest absolute Gasteiger partial charge is 0.440 e. The molecule has 8 heteroatoms. The van der Waals surface area contributed by atoms with E-state index in [1.165, 1.54) is 28.8 Å². The smallest absolute Gasteiger partial charge is 0.276 e. The first-order chi connectivity index (χ1) is 10.9. The van der Waals surface area contributed by atoms with Crippen molar-refractivity contribution in [3.05, 3.63) is 45.8 Å². The van der Waals surface area contributed by atoms with Crippen LogP contribution in [0.2, 0.25) is 0 Å². The molecule has 0 saturated carbocycles. The molecule has 0 N–H and O–H groups in total. The first-order valence-corrected chi connectivity index (χ1v) is 9.28. The molecule has 6 nitrogen and oxygen atoms in total. The fraction of sp³-hybridized carbons (Fsp3) is 0.267. The van der Waals surface area contributed by atoms with Gasteiger partial charge in [-0.15, -0.1) is 0 Å². The third-order valence-electron chi connectivity index (χ3n) is 3.61. The summed E-state index contributed by atoms with van der Waals surface area (Å²) < 4.78 is 37.1. The molecular formula is C15H16N2O4S2. The molecule has 0 aliphatic rings. The Morgan fingerprint density at radius 1 is 1.26 bits per heavy atom. The summed E-state index contributed by atoms with van der Waals surface area (Å²) >= 11 is 1.53. The van der Waals surface area contributed by atoms with Crippen molar-refractivity contribution in [2.45, 2.75) is 25.5 Å². The second-order valence-electron chi connectivity index (χ2n) is 5.23. The van der Waals surface area contributed by atoms with Crippen LogP contribution in [-0.4, -0.2) is 24.9 Å². The van der Waals surface area contributed by atoms with Gasteiger partial charge in [-0.3, -0.25) is 0 Å². The van der Waals surface area contributed by atoms with Gasteiger partial charge in [-0.25, -0.2) is 8.42 Å². The lowest BCUT2D eigenvalue weighted by molar-refractivity contribution is 0.386. The van der Waals surface area contributed by atoms with Crippen molar-refractivity contribution in [2.75, 3.05) is 7.05 Å². The molecule has 0 aliphatic heterocycles. The predicted octanol–water partition coefficient (Wildman–Crippen LogP) is 3.43. The van der Waals surface area contributed by atoms with Crippen LogP contribution in [0.15, 0.2) is 43.0 Å². The van der Waals surface area contributed by atoms with Crippen LogP contribution in [0.3, 0.4) is 0 Å². The number of thiophene rings is 1. The number of hydrogen-bond donors (Lipinski definition) is 0. The van der Waals surface area contributed by atoms with E-state index >= 15 is 0 Å². The van der Waals surface area contributed by atoms with Gasteiger partial charge in [0, 0.05) is 19.2 Å². The van der Waals surface area contributed by atoms with Crippen molar-refractivity contribution in [3.8, 4) is 11.5 Å². The normalized spacial score (nSPS) is 12.2. The average molecular weight is 352 g/mol. The molecule has 3 rings (SSSR count). The summed E-state index contributed by atoms with van der Waals surface area (Å²) in [6, 6.07) is 4.91. The summed E-state index contributed by atoms with van der Waals surface area (Å²) in [5.41, 5.74) is 2.51. The number of rotatable bonds is 5. The summed E-state index contributed by atoms with van der Waals surface area (Å²) in [6.45, 7) is 3.96. The summed E-state index contributed by atoms with van der Waals surface area (Å²) in [4.78, 5) is 0. The van der Waals surface area contributed by atoms with Crippen LogP contribution in [0.5, 0.6) is 0 Å². The van der Waals surface area contributed by atoms with Crippen molar-refractivity contribution in [3.63, 3.8) is 0 Å². The number of furan rings is 1. The number of nitrogens with zero attached hydrogens (tertiary/aromatic N) is 2. The van der Waals surface area contributed by atoms with Crippen LogP contribution >= 0.6 is 11.3 Å². The second kappa shape index (κ2) is 5.95. The topological polar surface area (TPSA) is 76.6 Å². The number of aromatic nitrogens is 1. The lowest BCUT2D eigenvalue weighted by atomic mass is 10.2. The zero-order valence-electron chi connectivity index (χ0n) is 12.9. The zero-order valence-corrected chi connectivity index (χ0v) is 14.6. The van der Waals surface area contributed by atoms with Gasteiger partial charge in [0.2, 0.25) is 10.9 Å². The van der Waals surface area contributed by atoms with Crippen LogP contribution in [0.25, 0.3) is 11.5 Å². The number of sulfonamides is 1. The van der Waals surface area contributed by atoms with Gasteiger partial charge in [0.15, 0.2) is 5.76 Å². The van der Waals surface area contributed by atoms with Crippen molar-refractivity contribution in [2.24, 2.45) is 0 Å². The van der Waals surface area contributed by atoms with Gasteiger partial charge in [0.1, 0.15) is 0 Å². The first kappa shape index (κ1) is 16.0. The molecule has 0 radical (unpaired) electrons. The SMILES string of the molecule is Cc1noc(-c2ccc(S(=O)(=O)N(C)Cc3ccsc3)o2)c1C. The van der Waals surface area contributed by atoms with Gasteiger partial charge in [0.25, 0.3) is 10.0 Å². The molecular weight excluding hydrogens is 336 g/mol. The Balaban J connectivity index is 1.88. The van der Waals surface area contributed by atoms with E-state index in [1.54, 1.807) is 6.07 Å². The lowest BCUT2D eigenvalue weighted by Gasteiger charge is -2.14. The fourth-order valence-corrected chi connectivity index (χ4v) is 3.83. The minimum Gasteiger partial charge on any atom is -0.440 e. The van der Waals surface area contributed by atoms with Crippen molar-refractivity contribution < 1.29 is 17.4 Å². The number of hydrogen-bond acceptors (Lipinski definition) is 6. The molecule has 3 heterocycles. The first-order valence-electron chi connectivity index (χ1n) is 6.90. The molecule has 0 unspecified atom stereocenters. The predicted molar refractivity (Wildman–Crippen MR) is 86.7 cm³/mol. The quantitative estimate of drug-likeness (QED) is 0.703. The Morgan fingerprint density at radius 3 is 2.65 bits per heavy atom. The molecule has 0 spiro atoms. The van der Waals surface area contributed by atoms with Gasteiger partial charge in [-0.2, -0.15) is 15.6 Å². The van der Waals surface area contributed by atoms with Crippen LogP contribution in [-0.2, 0) is 16.6 Å². The van der Waals surface area contributed by atoms with Crippen molar-refractivity contribution in [1.29, 1.82) is 0 Å². The highest BCUT2D eigenvalue weighted by molar-refractivity contribution is 7.88. The summed E-state index contributed by atoms with van der Waals surface area (Å²) in [5, 5.41) is 7.57. The van der Waals surface area contributed by atoms with Crippen molar-refractivity contribution >= 4 is 21.4 Å². The van der Waals surface area contributed by atoms with Crippen LogP contribution < -0.4 is 0 Å². The molecule has 3 aromatic rings. The monoisotopic (exact) mass is 352 g/mol. The van der Waals surface area contributed by atoms with Gasteiger partial charge in [-0.05, 0) is 48.4 Å². The molecule has 0 aliphatic carbocycles. The summed E-state index contributed by atoms with van der Waals surface area (Å²) in [6.07, 6.45) is 0. The standard InChI is InChI=1S/C15H16N2O4S2/c1-10-11(2)16-21-15(10)13-4-5-14(20-13)23(18,19)17(3)8-12-6-7-22-9-12/h4-7,9H,8H2,1-3H3. The third kappa shape index (κ3) is 2.97. The van der Waals surface area contributed by atoms with Crippen molar-refractivity contribution in [1.82, 2.24) is 9.46 Å². The molecule has 0 amide bonds. The molecule has 0 aromatic carbocycles. The van der Waals surface area contributed by atoms with Gasteiger partial charge >= 0.3 is 0 Å². The van der Waals surface area contributed by atoms with Crippen LogP contribution in [0.1, 0.15) is 16.8 Å². The second-order valence-corrected chi connectivity index (χ2v) is 7.99. The maximum Gasteiger partial charge on any atom is 0.276 e. The van der Waals surface area contributed by atoms with E-state index in [4.69, 9.17) is 8.94 Å². The van der Waals surface area contributed by atoms with E-state index in [9.17, 15) is 8.42 Å². The number of aryl methyl sites for hydroxylation is 1. The van der Waals surface area contributed by atoms with E-state index < -0.39 is 10.0 Å². The van der Waals surface area contributed by atoms with E-state index in [2.05, 4.69) is 5.16 Å². The molecule has 0 fully saturated rings. The highest BCUT2D eigenvalue weighted by Gasteiger charge is 2.26. The molecule has 122 valence electrons. The van der Waals surface area contributed by atoms with Gasteiger partial charge in [0.05, 0.1) is 5.69 Å². The average Bonchev–Trinajstić information content (AvgIpc) is 3.22. The van der Waals surface area contributed by atoms with Crippen LogP contribution in [0.4, 0.5) is 0 Å². The zero-order chi connectivity index (χ0) is 16.6. The van der Waals surface area contributed by atoms with Gasteiger partial charge < -0.3 is 8.94 Å². The molecule has 3 aromatic heterocycles. The Hall–Kier alpha value is -1.90. The van der Waals surface area contributed by atoms with E-state index in [0.717, 1.165) is 16.8 Å². The maximum atomic E-state index is 12.6. The van der Waals surface area contributed by atoms with E-state index in [0.29, 0.717) is 18.1 Å². The third-order valence-corrected chi connectivity index (χ3v) is 6.02. The minimum absolute atomic E-state index is 0.112. The highest BCUT2D eigenvalue weighted by atomic mass is 32.2. The fourth-order valence-electron chi connectivity index (χ4n) is 2.10. The molecule has 23 heavy (non-hydrogen) atoms. The Kier molecular flexibility index (Phi) is 4.13. The summed E-state index contributed by atoms with van der Waals surface area (Å²) in [7, 11) is -2.17. The van der Waals surface area contributed by atoms with Crippen LogP contribution in [0, 0.1) is 13.8 Å². The Bertz CT molecular complexity index is 907. The Labute approximate surface area is 138 Å². The Morgan fingerprint density at radius 2 is 2.04 bits per heavy atom. The highest BCUT2D eigenvalue weighted by Crippen LogP contribution is 2.30. The molecule has 0 saturated heterocycles. The molecule has 0 atom stereocenters.